The minimum atomic E-state index is -1.47. The minimum absolute atomic E-state index is 0.102. The van der Waals surface area contributed by atoms with Gasteiger partial charge >= 0.3 is 12.1 Å². The van der Waals surface area contributed by atoms with Crippen molar-refractivity contribution >= 4 is 23.9 Å². The predicted molar refractivity (Wildman–Crippen MR) is 179 cm³/mol. The van der Waals surface area contributed by atoms with E-state index in [2.05, 4.69) is 10.6 Å². The first kappa shape index (κ1) is 39.1. The maximum Gasteiger partial charge on any atom is 0.408 e. The van der Waals surface area contributed by atoms with Gasteiger partial charge in [-0.05, 0) is 78.9 Å². The number of aliphatic hydroxyl groups excluding tert-OH is 1. The molecule has 11 heteroatoms. The zero-order chi connectivity index (χ0) is 35.5. The standard InChI is InChI=1S/C36H53N3O8/c1-23(2)19-20-24(3)39(32(43)28(22-40)38-34(45)47-36(7,8)9)30(26-17-13-14-18-29(26)41)31(42)37-27(33(44)46-35(4,5)6)21-25-15-11-10-12-16-25/h10-18,23-24,27-28,30,40-41H,19-22H2,1-9H3,(H,37,42)(H,38,45). The van der Waals surface area contributed by atoms with Crippen molar-refractivity contribution in [3.8, 4) is 5.75 Å². The molecule has 2 aromatic rings. The number of nitrogens with zero attached hydrogens (tertiary/aromatic N) is 1. The van der Waals surface area contributed by atoms with Crippen LogP contribution in [0.3, 0.4) is 0 Å². The molecule has 0 aliphatic carbocycles. The fourth-order valence-corrected chi connectivity index (χ4v) is 4.93. The van der Waals surface area contributed by atoms with Gasteiger partial charge in [-0.25, -0.2) is 9.59 Å². The Hall–Kier alpha value is -4.12. The molecule has 11 nitrogen and oxygen atoms in total. The molecule has 0 aliphatic heterocycles. The number of phenolic OH excluding ortho intramolecular Hbond substituents is 1. The fourth-order valence-electron chi connectivity index (χ4n) is 4.93. The van der Waals surface area contributed by atoms with E-state index < -0.39 is 65.9 Å². The SMILES string of the molecule is CC(C)CCC(C)N(C(=O)C(CO)NC(=O)OC(C)(C)C)C(C(=O)NC(Cc1ccccc1)C(=O)OC(C)(C)C)c1ccccc1O. The van der Waals surface area contributed by atoms with Gasteiger partial charge in [0.1, 0.15) is 35.1 Å². The van der Waals surface area contributed by atoms with Crippen LogP contribution in [-0.4, -0.2) is 74.9 Å². The normalized spacial score (nSPS) is 14.4. The van der Waals surface area contributed by atoms with Crippen LogP contribution in [0.5, 0.6) is 5.75 Å². The van der Waals surface area contributed by atoms with Crippen LogP contribution in [0, 0.1) is 5.92 Å². The molecule has 2 aromatic carbocycles. The fraction of sp³-hybridized carbons (Fsp3) is 0.556. The summed E-state index contributed by atoms with van der Waals surface area (Å²) in [6, 6.07) is 10.6. The molecular weight excluding hydrogens is 602 g/mol. The number of benzene rings is 2. The Bertz CT molecular complexity index is 1330. The van der Waals surface area contributed by atoms with Crippen molar-refractivity contribution in [3.63, 3.8) is 0 Å². The molecule has 0 aromatic heterocycles. The molecule has 0 fully saturated rings. The van der Waals surface area contributed by atoms with Crippen LogP contribution in [0.25, 0.3) is 0 Å². The van der Waals surface area contributed by atoms with E-state index in [9.17, 15) is 29.4 Å². The first-order valence-electron chi connectivity index (χ1n) is 16.1. The number of ether oxygens (including phenoxy) is 2. The zero-order valence-electron chi connectivity index (χ0n) is 29.2. The van der Waals surface area contributed by atoms with Gasteiger partial charge in [0, 0.05) is 18.0 Å². The Labute approximate surface area is 279 Å². The van der Waals surface area contributed by atoms with Gasteiger partial charge in [-0.2, -0.15) is 0 Å². The van der Waals surface area contributed by atoms with E-state index in [4.69, 9.17) is 9.47 Å². The maximum atomic E-state index is 14.5. The summed E-state index contributed by atoms with van der Waals surface area (Å²) in [5, 5.41) is 26.5. The molecular formula is C36H53N3O8. The summed E-state index contributed by atoms with van der Waals surface area (Å²) in [7, 11) is 0. The highest BCUT2D eigenvalue weighted by Crippen LogP contribution is 2.33. The topological polar surface area (TPSA) is 154 Å². The third-order valence-corrected chi connectivity index (χ3v) is 7.11. The second-order valence-corrected chi connectivity index (χ2v) is 14.2. The largest absolute Gasteiger partial charge is 0.508 e. The molecule has 3 amide bonds. The van der Waals surface area contributed by atoms with E-state index in [1.807, 2.05) is 44.2 Å². The van der Waals surface area contributed by atoms with Crippen molar-refractivity contribution in [1.29, 1.82) is 0 Å². The number of nitrogens with one attached hydrogen (secondary N) is 2. The number of carbonyl (C=O) groups excluding carboxylic acids is 4. The van der Waals surface area contributed by atoms with E-state index in [1.165, 1.54) is 17.0 Å². The van der Waals surface area contributed by atoms with Gasteiger partial charge in [0.25, 0.3) is 0 Å². The molecule has 260 valence electrons. The minimum Gasteiger partial charge on any atom is -0.508 e. The van der Waals surface area contributed by atoms with Crippen LogP contribution >= 0.6 is 0 Å². The number of alkyl carbamates (subject to hydrolysis) is 1. The van der Waals surface area contributed by atoms with Crippen LogP contribution in [0.4, 0.5) is 4.79 Å². The highest BCUT2D eigenvalue weighted by Gasteiger charge is 2.41. The number of amides is 3. The van der Waals surface area contributed by atoms with Crippen LogP contribution in [0.15, 0.2) is 54.6 Å². The molecule has 4 unspecified atom stereocenters. The third kappa shape index (κ3) is 12.9. The summed E-state index contributed by atoms with van der Waals surface area (Å²) in [6.45, 7) is 15.2. The Balaban J connectivity index is 2.66. The molecule has 0 radical (unpaired) electrons. The van der Waals surface area contributed by atoms with Crippen molar-refractivity contribution < 1.29 is 38.9 Å². The molecule has 0 bridgehead atoms. The quantitative estimate of drug-likeness (QED) is 0.207. The molecule has 0 heterocycles. The van der Waals surface area contributed by atoms with Crippen LogP contribution < -0.4 is 10.6 Å². The number of hydrogen-bond donors (Lipinski definition) is 4. The molecule has 4 N–H and O–H groups in total. The lowest BCUT2D eigenvalue weighted by molar-refractivity contribution is -0.159. The number of carbonyl (C=O) groups is 4. The summed E-state index contributed by atoms with van der Waals surface area (Å²) >= 11 is 0. The van der Waals surface area contributed by atoms with Crippen molar-refractivity contribution in [2.45, 2.75) is 117 Å². The first-order valence-corrected chi connectivity index (χ1v) is 16.1. The number of hydrogen-bond acceptors (Lipinski definition) is 8. The summed E-state index contributed by atoms with van der Waals surface area (Å²) in [5.41, 5.74) is -0.845. The van der Waals surface area contributed by atoms with Gasteiger partial charge in [0.2, 0.25) is 11.8 Å². The van der Waals surface area contributed by atoms with Crippen molar-refractivity contribution in [2.24, 2.45) is 5.92 Å². The number of esters is 1. The molecule has 0 spiro atoms. The van der Waals surface area contributed by atoms with Crippen LogP contribution in [-0.2, 0) is 30.3 Å². The van der Waals surface area contributed by atoms with Crippen molar-refractivity contribution in [1.82, 2.24) is 15.5 Å². The lowest BCUT2D eigenvalue weighted by Gasteiger charge is -2.39. The monoisotopic (exact) mass is 655 g/mol. The van der Waals surface area contributed by atoms with Gasteiger partial charge in [-0.3, -0.25) is 9.59 Å². The maximum absolute atomic E-state index is 14.5. The van der Waals surface area contributed by atoms with Gasteiger partial charge in [0.05, 0.1) is 6.61 Å². The highest BCUT2D eigenvalue weighted by molar-refractivity contribution is 5.94. The van der Waals surface area contributed by atoms with Gasteiger partial charge in [0.15, 0.2) is 0 Å². The van der Waals surface area contributed by atoms with Crippen LogP contribution in [0.1, 0.15) is 92.3 Å². The van der Waals surface area contributed by atoms with Crippen LogP contribution in [0.2, 0.25) is 0 Å². The summed E-state index contributed by atoms with van der Waals surface area (Å²) in [6.07, 6.45) is 0.338. The molecule has 0 aliphatic rings. The van der Waals surface area contributed by atoms with Gasteiger partial charge < -0.3 is 35.2 Å². The van der Waals surface area contributed by atoms with Gasteiger partial charge in [-0.15, -0.1) is 0 Å². The van der Waals surface area contributed by atoms with E-state index in [0.29, 0.717) is 12.8 Å². The Kier molecular flexibility index (Phi) is 14.3. The highest BCUT2D eigenvalue weighted by atomic mass is 16.6. The molecule has 0 saturated carbocycles. The molecule has 4 atom stereocenters. The predicted octanol–water partition coefficient (Wildman–Crippen LogP) is 5.04. The van der Waals surface area contributed by atoms with E-state index in [1.54, 1.807) is 60.6 Å². The molecule has 2 rings (SSSR count). The number of aromatic hydroxyl groups is 1. The number of para-hydroxylation sites is 1. The van der Waals surface area contributed by atoms with E-state index in [-0.39, 0.29) is 23.7 Å². The number of phenols is 1. The second kappa shape index (κ2) is 17.2. The zero-order valence-corrected chi connectivity index (χ0v) is 29.2. The third-order valence-electron chi connectivity index (χ3n) is 7.11. The average molecular weight is 656 g/mol. The van der Waals surface area contributed by atoms with E-state index in [0.717, 1.165) is 5.56 Å². The number of aliphatic hydroxyl groups is 1. The van der Waals surface area contributed by atoms with E-state index >= 15 is 0 Å². The second-order valence-electron chi connectivity index (χ2n) is 14.2. The summed E-state index contributed by atoms with van der Waals surface area (Å²) < 4.78 is 11.0. The lowest BCUT2D eigenvalue weighted by Crippen LogP contribution is -2.58. The smallest absolute Gasteiger partial charge is 0.408 e. The first-order chi connectivity index (χ1) is 21.8. The van der Waals surface area contributed by atoms with Crippen molar-refractivity contribution in [3.05, 3.63) is 65.7 Å². The Morgan fingerprint density at radius 1 is 0.787 bits per heavy atom. The molecule has 47 heavy (non-hydrogen) atoms. The number of rotatable bonds is 14. The molecule has 0 saturated heterocycles. The summed E-state index contributed by atoms with van der Waals surface area (Å²) in [5.74, 6) is -2.18. The Morgan fingerprint density at radius 3 is 1.89 bits per heavy atom. The van der Waals surface area contributed by atoms with Crippen molar-refractivity contribution in [2.75, 3.05) is 6.61 Å². The Morgan fingerprint density at radius 2 is 1.36 bits per heavy atom. The lowest BCUT2D eigenvalue weighted by atomic mass is 9.96. The summed E-state index contributed by atoms with van der Waals surface area (Å²) in [4.78, 5) is 56.2. The average Bonchev–Trinajstić information content (AvgIpc) is 2.96. The van der Waals surface area contributed by atoms with Gasteiger partial charge in [-0.1, -0.05) is 62.4 Å².